The molecular weight excluding hydrogens is 314 g/mol. The first-order valence-corrected chi connectivity index (χ1v) is 7.39. The lowest BCUT2D eigenvalue weighted by Gasteiger charge is -2.29. The van der Waals surface area contributed by atoms with E-state index >= 15 is 0 Å². The lowest BCUT2D eigenvalue weighted by molar-refractivity contribution is 0.352. The Morgan fingerprint density at radius 1 is 0.870 bits per heavy atom. The second-order valence-corrected chi connectivity index (χ2v) is 5.29. The summed E-state index contributed by atoms with van der Waals surface area (Å²) in [5.74, 6) is 2.43. The normalized spacial score (nSPS) is 16.0. The van der Waals surface area contributed by atoms with Crippen LogP contribution in [0.1, 0.15) is 22.7 Å². The number of hydrogen-bond acceptors (Lipinski definition) is 4. The fraction of sp³-hybridized carbons (Fsp3) is 0.333. The summed E-state index contributed by atoms with van der Waals surface area (Å²) in [5, 5.41) is 3.58. The van der Waals surface area contributed by atoms with Crippen molar-refractivity contribution in [2.24, 2.45) is 0 Å². The zero-order chi connectivity index (χ0) is 15.5. The molecule has 23 heavy (non-hydrogen) atoms. The minimum atomic E-state index is 0. The molecule has 0 saturated carbocycles. The molecule has 0 aliphatic carbocycles. The first-order valence-electron chi connectivity index (χ1n) is 7.39. The van der Waals surface area contributed by atoms with E-state index in [2.05, 4.69) is 23.5 Å². The fourth-order valence-corrected chi connectivity index (χ4v) is 3.07. The van der Waals surface area contributed by atoms with Gasteiger partial charge in [-0.2, -0.15) is 0 Å². The molecule has 3 rings (SSSR count). The Balaban J connectivity index is 0.00000192. The maximum Gasteiger partial charge on any atom is 0.161 e. The van der Waals surface area contributed by atoms with Crippen LogP contribution < -0.4 is 19.5 Å². The lowest BCUT2D eigenvalue weighted by atomic mass is 9.89. The van der Waals surface area contributed by atoms with Crippen LogP contribution in [0.5, 0.6) is 17.2 Å². The third kappa shape index (κ3) is 3.23. The maximum absolute atomic E-state index is 5.52. The van der Waals surface area contributed by atoms with Crippen LogP contribution in [-0.2, 0) is 6.42 Å². The van der Waals surface area contributed by atoms with E-state index in [0.717, 1.165) is 35.8 Å². The van der Waals surface area contributed by atoms with Crippen LogP contribution in [0.15, 0.2) is 36.4 Å². The van der Waals surface area contributed by atoms with Gasteiger partial charge in [0.2, 0.25) is 0 Å². The van der Waals surface area contributed by atoms with Gasteiger partial charge in [-0.3, -0.25) is 0 Å². The number of para-hydroxylation sites is 1. The average Bonchev–Trinajstić information content (AvgIpc) is 2.59. The Morgan fingerprint density at radius 2 is 1.52 bits per heavy atom. The number of ether oxygens (including phenoxy) is 3. The molecule has 124 valence electrons. The summed E-state index contributed by atoms with van der Waals surface area (Å²) in [6.45, 7) is 0.922. The standard InChI is InChI=1S/C18H21NO3.ClH/c1-20-15-7-5-4-6-13(15)18-14-11-17(22-3)16(21-2)10-12(14)8-9-19-18;/h4-7,10-11,18-19H,8-9H2,1-3H3;1H. The molecule has 0 amide bonds. The third-order valence-corrected chi connectivity index (χ3v) is 4.15. The second-order valence-electron chi connectivity index (χ2n) is 5.29. The van der Waals surface area contributed by atoms with E-state index < -0.39 is 0 Å². The van der Waals surface area contributed by atoms with Crippen molar-refractivity contribution in [1.82, 2.24) is 5.32 Å². The Labute approximate surface area is 143 Å². The second kappa shape index (κ2) is 7.57. The molecule has 0 fully saturated rings. The molecule has 1 unspecified atom stereocenters. The molecule has 1 atom stereocenters. The quantitative estimate of drug-likeness (QED) is 0.930. The number of nitrogens with one attached hydrogen (secondary N) is 1. The van der Waals surface area contributed by atoms with Gasteiger partial charge in [-0.25, -0.2) is 0 Å². The van der Waals surface area contributed by atoms with Crippen LogP contribution >= 0.6 is 12.4 Å². The molecule has 0 radical (unpaired) electrons. The van der Waals surface area contributed by atoms with Crippen molar-refractivity contribution < 1.29 is 14.2 Å². The molecule has 1 aliphatic heterocycles. The molecule has 2 aromatic rings. The number of hydrogen-bond donors (Lipinski definition) is 1. The molecule has 5 heteroatoms. The number of rotatable bonds is 4. The van der Waals surface area contributed by atoms with E-state index in [4.69, 9.17) is 14.2 Å². The zero-order valence-electron chi connectivity index (χ0n) is 13.6. The smallest absolute Gasteiger partial charge is 0.161 e. The average molecular weight is 336 g/mol. The minimum absolute atomic E-state index is 0. The number of methoxy groups -OCH3 is 3. The third-order valence-electron chi connectivity index (χ3n) is 4.15. The van der Waals surface area contributed by atoms with Gasteiger partial charge in [-0.1, -0.05) is 18.2 Å². The van der Waals surface area contributed by atoms with Crippen molar-refractivity contribution in [1.29, 1.82) is 0 Å². The van der Waals surface area contributed by atoms with Crippen molar-refractivity contribution >= 4 is 12.4 Å². The highest BCUT2D eigenvalue weighted by Crippen LogP contribution is 2.39. The van der Waals surface area contributed by atoms with Gasteiger partial charge in [0.05, 0.1) is 27.4 Å². The Bertz CT molecular complexity index is 675. The summed E-state index contributed by atoms with van der Waals surface area (Å²) in [6, 6.07) is 12.4. The summed E-state index contributed by atoms with van der Waals surface area (Å²) < 4.78 is 16.4. The molecule has 0 saturated heterocycles. The maximum atomic E-state index is 5.52. The summed E-state index contributed by atoms with van der Waals surface area (Å²) in [6.07, 6.45) is 0.974. The number of fused-ring (bicyclic) bond motifs is 1. The molecule has 1 aliphatic rings. The highest BCUT2D eigenvalue weighted by Gasteiger charge is 2.25. The molecule has 1 N–H and O–H groups in total. The summed E-state index contributed by atoms with van der Waals surface area (Å²) in [4.78, 5) is 0. The van der Waals surface area contributed by atoms with Gasteiger partial charge in [0, 0.05) is 12.1 Å². The minimum Gasteiger partial charge on any atom is -0.496 e. The van der Waals surface area contributed by atoms with Crippen LogP contribution in [-0.4, -0.2) is 27.9 Å². The molecule has 0 bridgehead atoms. The number of benzene rings is 2. The first kappa shape index (κ1) is 17.4. The summed E-state index contributed by atoms with van der Waals surface area (Å²) >= 11 is 0. The van der Waals surface area contributed by atoms with E-state index in [0.29, 0.717) is 0 Å². The van der Waals surface area contributed by atoms with Gasteiger partial charge in [-0.05, 0) is 35.7 Å². The SMILES string of the molecule is COc1cc2c(cc1OC)C(c1ccccc1OC)NCC2.Cl. The Kier molecular flexibility index (Phi) is 5.74. The molecule has 4 nitrogen and oxygen atoms in total. The molecule has 1 heterocycles. The molecular formula is C18H22ClNO3. The van der Waals surface area contributed by atoms with Gasteiger partial charge in [0.25, 0.3) is 0 Å². The van der Waals surface area contributed by atoms with Crippen molar-refractivity contribution in [3.05, 3.63) is 53.1 Å². The summed E-state index contributed by atoms with van der Waals surface area (Å²) in [7, 11) is 5.04. The van der Waals surface area contributed by atoms with Crippen molar-refractivity contribution in [2.75, 3.05) is 27.9 Å². The summed E-state index contributed by atoms with van der Waals surface area (Å²) in [5.41, 5.74) is 3.64. The Morgan fingerprint density at radius 3 is 2.22 bits per heavy atom. The zero-order valence-corrected chi connectivity index (χ0v) is 14.4. The first-order chi connectivity index (χ1) is 10.8. The predicted molar refractivity (Wildman–Crippen MR) is 93.3 cm³/mol. The van der Waals surface area contributed by atoms with E-state index in [1.807, 2.05) is 18.2 Å². The van der Waals surface area contributed by atoms with Gasteiger partial charge in [0.1, 0.15) is 5.75 Å². The van der Waals surface area contributed by atoms with Gasteiger partial charge >= 0.3 is 0 Å². The van der Waals surface area contributed by atoms with E-state index in [1.54, 1.807) is 21.3 Å². The highest BCUT2D eigenvalue weighted by atomic mass is 35.5. The topological polar surface area (TPSA) is 39.7 Å². The number of halogens is 1. The van der Waals surface area contributed by atoms with Crippen LogP contribution in [0.2, 0.25) is 0 Å². The lowest BCUT2D eigenvalue weighted by Crippen LogP contribution is -2.31. The van der Waals surface area contributed by atoms with Crippen molar-refractivity contribution in [3.8, 4) is 17.2 Å². The van der Waals surface area contributed by atoms with Gasteiger partial charge in [0.15, 0.2) is 11.5 Å². The van der Waals surface area contributed by atoms with E-state index in [-0.39, 0.29) is 18.4 Å². The van der Waals surface area contributed by atoms with Crippen molar-refractivity contribution in [2.45, 2.75) is 12.5 Å². The van der Waals surface area contributed by atoms with E-state index in [9.17, 15) is 0 Å². The van der Waals surface area contributed by atoms with Crippen molar-refractivity contribution in [3.63, 3.8) is 0 Å². The molecule has 2 aromatic carbocycles. The van der Waals surface area contributed by atoms with Crippen LogP contribution in [0.3, 0.4) is 0 Å². The van der Waals surface area contributed by atoms with Crippen LogP contribution in [0.4, 0.5) is 0 Å². The van der Waals surface area contributed by atoms with Gasteiger partial charge < -0.3 is 19.5 Å². The highest BCUT2D eigenvalue weighted by molar-refractivity contribution is 5.85. The Hall–Kier alpha value is -1.91. The predicted octanol–water partition coefficient (Wildman–Crippen LogP) is 3.37. The molecule has 0 spiro atoms. The molecule has 0 aromatic heterocycles. The van der Waals surface area contributed by atoms with Crippen LogP contribution in [0.25, 0.3) is 0 Å². The largest absolute Gasteiger partial charge is 0.496 e. The monoisotopic (exact) mass is 335 g/mol. The van der Waals surface area contributed by atoms with E-state index in [1.165, 1.54) is 11.1 Å². The van der Waals surface area contributed by atoms with Crippen LogP contribution in [0, 0.1) is 0 Å². The van der Waals surface area contributed by atoms with Gasteiger partial charge in [-0.15, -0.1) is 12.4 Å². The fourth-order valence-electron chi connectivity index (χ4n) is 3.07.